The molecule has 3 aromatic rings. The van der Waals surface area contributed by atoms with E-state index in [0.717, 1.165) is 60.3 Å². The summed E-state index contributed by atoms with van der Waals surface area (Å²) in [7, 11) is 4.03. The van der Waals surface area contributed by atoms with Crippen LogP contribution in [-0.4, -0.2) is 75.1 Å². The van der Waals surface area contributed by atoms with Crippen molar-refractivity contribution in [2.24, 2.45) is 7.05 Å². The highest BCUT2D eigenvalue weighted by atomic mass is 16.1. The first-order valence-corrected chi connectivity index (χ1v) is 9.73. The van der Waals surface area contributed by atoms with Crippen LogP contribution in [0.1, 0.15) is 12.1 Å². The highest BCUT2D eigenvalue weighted by Gasteiger charge is 2.16. The van der Waals surface area contributed by atoms with E-state index < -0.39 is 0 Å². The van der Waals surface area contributed by atoms with Crippen molar-refractivity contribution in [1.82, 2.24) is 29.5 Å². The van der Waals surface area contributed by atoms with Gasteiger partial charge in [0.2, 0.25) is 0 Å². The Kier molecular flexibility index (Phi) is 5.45. The fourth-order valence-electron chi connectivity index (χ4n) is 3.67. The van der Waals surface area contributed by atoms with Crippen molar-refractivity contribution in [3.05, 3.63) is 42.6 Å². The maximum Gasteiger partial charge on any atom is 0.152 e. The Hall–Kier alpha value is -2.64. The fourth-order valence-corrected chi connectivity index (χ4v) is 3.67. The van der Waals surface area contributed by atoms with Crippen LogP contribution >= 0.6 is 0 Å². The van der Waals surface area contributed by atoms with E-state index in [-0.39, 0.29) is 5.78 Å². The average molecular weight is 378 g/mol. The van der Waals surface area contributed by atoms with Gasteiger partial charge in [0.05, 0.1) is 30.9 Å². The van der Waals surface area contributed by atoms with Crippen LogP contribution < -0.4 is 0 Å². The minimum absolute atomic E-state index is 0.216. The Morgan fingerprint density at radius 1 is 1.00 bits per heavy atom. The lowest BCUT2D eigenvalue weighted by molar-refractivity contribution is -0.119. The van der Waals surface area contributed by atoms with E-state index in [1.165, 1.54) is 0 Å². The van der Waals surface area contributed by atoms with Gasteiger partial charge in [0.25, 0.3) is 0 Å². The van der Waals surface area contributed by atoms with Crippen molar-refractivity contribution in [2.75, 3.05) is 39.8 Å². The molecule has 0 atom stereocenters. The summed E-state index contributed by atoms with van der Waals surface area (Å²) in [6, 6.07) is 4.07. The number of ketones is 1. The second kappa shape index (κ2) is 8.16. The number of hydrogen-bond donors (Lipinski definition) is 0. The highest BCUT2D eigenvalue weighted by Crippen LogP contribution is 2.22. The van der Waals surface area contributed by atoms with Crippen molar-refractivity contribution >= 4 is 16.7 Å². The number of fused-ring (bicyclic) bond motifs is 1. The minimum atomic E-state index is 0.216. The second-order valence-electron chi connectivity index (χ2n) is 7.64. The summed E-state index contributed by atoms with van der Waals surface area (Å²) < 4.78 is 1.77. The van der Waals surface area contributed by atoms with Gasteiger partial charge in [-0.05, 0) is 38.7 Å². The van der Waals surface area contributed by atoms with Crippen LogP contribution in [0.4, 0.5) is 0 Å². The largest absolute Gasteiger partial charge is 0.305 e. The monoisotopic (exact) mass is 378 g/mol. The van der Waals surface area contributed by atoms with E-state index in [9.17, 15) is 4.79 Å². The van der Waals surface area contributed by atoms with Crippen LogP contribution in [0.15, 0.2) is 36.9 Å². The van der Waals surface area contributed by atoms with Crippen LogP contribution in [0.2, 0.25) is 0 Å². The van der Waals surface area contributed by atoms with E-state index in [1.807, 2.05) is 31.7 Å². The molecule has 0 radical (unpaired) electrons. The lowest BCUT2D eigenvalue weighted by Gasteiger charge is -2.19. The molecule has 0 unspecified atom stereocenters. The third-order valence-corrected chi connectivity index (χ3v) is 5.25. The average Bonchev–Trinajstić information content (AvgIpc) is 3.01. The number of aryl methyl sites for hydroxylation is 1. The number of hydrogen-bond acceptors (Lipinski definition) is 6. The molecule has 4 rings (SSSR count). The topological polar surface area (TPSA) is 67.2 Å². The summed E-state index contributed by atoms with van der Waals surface area (Å²) in [6.45, 7) is 4.56. The predicted octanol–water partition coefficient (Wildman–Crippen LogP) is 1.78. The molecular weight excluding hydrogens is 352 g/mol. The van der Waals surface area contributed by atoms with Gasteiger partial charge in [0.15, 0.2) is 5.78 Å². The van der Waals surface area contributed by atoms with Crippen molar-refractivity contribution in [2.45, 2.75) is 12.8 Å². The van der Waals surface area contributed by atoms with Crippen molar-refractivity contribution < 1.29 is 4.79 Å². The smallest absolute Gasteiger partial charge is 0.152 e. The molecule has 4 heterocycles. The molecule has 0 N–H and O–H groups in total. The molecule has 3 aromatic heterocycles. The van der Waals surface area contributed by atoms with E-state index in [4.69, 9.17) is 0 Å². The van der Waals surface area contributed by atoms with Gasteiger partial charge in [-0.2, -0.15) is 5.10 Å². The summed E-state index contributed by atoms with van der Waals surface area (Å²) in [6.07, 6.45) is 8.86. The molecule has 0 aromatic carbocycles. The molecule has 146 valence electrons. The number of carbonyl (C=O) groups is 1. The van der Waals surface area contributed by atoms with Crippen LogP contribution in [0.25, 0.3) is 22.0 Å². The molecule has 1 aliphatic rings. The van der Waals surface area contributed by atoms with Crippen molar-refractivity contribution in [3.8, 4) is 11.1 Å². The summed E-state index contributed by atoms with van der Waals surface area (Å²) in [5.74, 6) is 0.216. The number of pyridine rings is 2. The number of rotatable bonds is 5. The Balaban J connectivity index is 1.46. The van der Waals surface area contributed by atoms with E-state index >= 15 is 0 Å². The zero-order valence-electron chi connectivity index (χ0n) is 16.5. The van der Waals surface area contributed by atoms with Crippen LogP contribution in [0.5, 0.6) is 0 Å². The van der Waals surface area contributed by atoms with Gasteiger partial charge in [-0.3, -0.25) is 24.3 Å². The van der Waals surface area contributed by atoms with Gasteiger partial charge in [-0.15, -0.1) is 0 Å². The lowest BCUT2D eigenvalue weighted by atomic mass is 10.1. The number of aromatic nitrogens is 4. The predicted molar refractivity (Wildman–Crippen MR) is 109 cm³/mol. The highest BCUT2D eigenvalue weighted by molar-refractivity contribution is 5.86. The normalized spacial score (nSPS) is 16.4. The fraction of sp³-hybridized carbons (Fsp3) is 0.429. The quantitative estimate of drug-likeness (QED) is 0.674. The maximum atomic E-state index is 12.6. The Bertz CT molecular complexity index is 982. The molecule has 1 aliphatic heterocycles. The molecule has 28 heavy (non-hydrogen) atoms. The Morgan fingerprint density at radius 3 is 2.71 bits per heavy atom. The molecule has 7 nitrogen and oxygen atoms in total. The van der Waals surface area contributed by atoms with Crippen LogP contribution in [-0.2, 0) is 18.3 Å². The first kappa shape index (κ1) is 18.7. The molecule has 0 saturated carbocycles. The number of likely N-dealkylation sites (N-methyl/N-ethyl adjacent to an activating group) is 1. The SMILES string of the molecule is CN1CCCN(CC(=O)Cc2cc3cc(-c4cnn(C)c4)cnc3cn2)CC1. The first-order chi connectivity index (χ1) is 13.6. The Labute approximate surface area is 165 Å². The van der Waals surface area contributed by atoms with Crippen LogP contribution in [0.3, 0.4) is 0 Å². The van der Waals surface area contributed by atoms with Gasteiger partial charge < -0.3 is 4.90 Å². The zero-order valence-corrected chi connectivity index (χ0v) is 16.5. The summed E-state index contributed by atoms with van der Waals surface area (Å²) in [5, 5.41) is 5.22. The third-order valence-electron chi connectivity index (χ3n) is 5.25. The number of nitrogens with zero attached hydrogens (tertiary/aromatic N) is 6. The third kappa shape index (κ3) is 4.43. The summed E-state index contributed by atoms with van der Waals surface area (Å²) in [4.78, 5) is 26.1. The lowest BCUT2D eigenvalue weighted by Crippen LogP contribution is -2.34. The van der Waals surface area contributed by atoms with Gasteiger partial charge in [0, 0.05) is 54.7 Å². The molecule has 0 spiro atoms. The second-order valence-corrected chi connectivity index (χ2v) is 7.64. The zero-order chi connectivity index (χ0) is 19.5. The molecule has 7 heteroatoms. The van der Waals surface area contributed by atoms with E-state index in [2.05, 4.69) is 38.0 Å². The van der Waals surface area contributed by atoms with Crippen molar-refractivity contribution in [1.29, 1.82) is 0 Å². The molecular formula is C21H26N6O. The number of carbonyl (C=O) groups excluding carboxylic acids is 1. The first-order valence-electron chi connectivity index (χ1n) is 9.73. The molecule has 0 amide bonds. The maximum absolute atomic E-state index is 12.6. The van der Waals surface area contributed by atoms with Crippen molar-refractivity contribution in [3.63, 3.8) is 0 Å². The summed E-state index contributed by atoms with van der Waals surface area (Å²) in [5.41, 5.74) is 3.67. The summed E-state index contributed by atoms with van der Waals surface area (Å²) >= 11 is 0. The van der Waals surface area contributed by atoms with Gasteiger partial charge >= 0.3 is 0 Å². The Morgan fingerprint density at radius 2 is 1.89 bits per heavy atom. The van der Waals surface area contributed by atoms with E-state index in [0.29, 0.717) is 13.0 Å². The molecule has 1 fully saturated rings. The van der Waals surface area contributed by atoms with Gasteiger partial charge in [0.1, 0.15) is 0 Å². The standard InChI is InChI=1S/C21H26N6O/c1-25-4-3-5-27(7-6-25)15-20(28)10-19-9-16-8-17(11-23-21(16)13-22-19)18-12-24-26(2)14-18/h8-9,11-14H,3-7,10,15H2,1-2H3. The molecule has 1 saturated heterocycles. The minimum Gasteiger partial charge on any atom is -0.305 e. The number of Topliss-reactive ketones (excluding diaryl/α,β-unsaturated/α-hetero) is 1. The van der Waals surface area contributed by atoms with Crippen LogP contribution in [0, 0.1) is 0 Å². The van der Waals surface area contributed by atoms with Gasteiger partial charge in [-0.1, -0.05) is 0 Å². The molecule has 0 aliphatic carbocycles. The van der Waals surface area contributed by atoms with Gasteiger partial charge in [-0.25, -0.2) is 0 Å². The van der Waals surface area contributed by atoms with E-state index in [1.54, 1.807) is 10.9 Å². The molecule has 0 bridgehead atoms.